The number of aryl methyl sites for hydroxylation is 1. The fourth-order valence-electron chi connectivity index (χ4n) is 2.24. The van der Waals surface area contributed by atoms with Crippen molar-refractivity contribution < 1.29 is 0 Å². The highest BCUT2D eigenvalue weighted by Crippen LogP contribution is 2.20. The van der Waals surface area contributed by atoms with E-state index in [1.54, 1.807) is 6.20 Å². The van der Waals surface area contributed by atoms with Crippen molar-refractivity contribution in [2.24, 2.45) is 0 Å². The van der Waals surface area contributed by atoms with Crippen molar-refractivity contribution in [1.82, 2.24) is 19.1 Å². The van der Waals surface area contributed by atoms with Gasteiger partial charge in [0, 0.05) is 18.9 Å². The molecule has 0 fully saturated rings. The Morgan fingerprint density at radius 2 is 2.16 bits per heavy atom. The number of para-hydroxylation sites is 2. The Bertz CT molecular complexity index is 760. The molecule has 5 heteroatoms. The molecule has 1 aromatic carbocycles. The lowest BCUT2D eigenvalue weighted by Crippen LogP contribution is -2.08. The molecule has 2 heterocycles. The van der Waals surface area contributed by atoms with Gasteiger partial charge in [0.25, 0.3) is 0 Å². The van der Waals surface area contributed by atoms with Crippen LogP contribution in [0.15, 0.2) is 36.7 Å². The van der Waals surface area contributed by atoms with Gasteiger partial charge in [-0.3, -0.25) is 4.57 Å². The van der Waals surface area contributed by atoms with E-state index < -0.39 is 0 Å². The van der Waals surface area contributed by atoms with Crippen molar-refractivity contribution in [1.29, 1.82) is 5.26 Å². The highest BCUT2D eigenvalue weighted by Gasteiger charge is 2.15. The van der Waals surface area contributed by atoms with Crippen molar-refractivity contribution in [3.05, 3.63) is 42.5 Å². The highest BCUT2D eigenvalue weighted by molar-refractivity contribution is 5.77. The Kier molecular flexibility index (Phi) is 2.76. The quantitative estimate of drug-likeness (QED) is 0.717. The summed E-state index contributed by atoms with van der Waals surface area (Å²) in [7, 11) is 0. The summed E-state index contributed by atoms with van der Waals surface area (Å²) in [5, 5.41) is 8.96. The second-order valence-corrected chi connectivity index (χ2v) is 4.20. The van der Waals surface area contributed by atoms with E-state index in [0.717, 1.165) is 29.4 Å². The third-order valence-electron chi connectivity index (χ3n) is 3.10. The van der Waals surface area contributed by atoms with Gasteiger partial charge < -0.3 is 4.57 Å². The zero-order valence-corrected chi connectivity index (χ0v) is 10.6. The first-order valence-electron chi connectivity index (χ1n) is 6.20. The second-order valence-electron chi connectivity index (χ2n) is 4.20. The van der Waals surface area contributed by atoms with Gasteiger partial charge in [0.15, 0.2) is 0 Å². The van der Waals surface area contributed by atoms with E-state index in [2.05, 4.69) is 23.0 Å². The normalized spacial score (nSPS) is 10.7. The van der Waals surface area contributed by atoms with E-state index in [1.165, 1.54) is 0 Å². The van der Waals surface area contributed by atoms with E-state index in [9.17, 15) is 0 Å². The molecule has 5 nitrogen and oxygen atoms in total. The molecule has 94 valence electrons. The fraction of sp³-hybridized carbons (Fsp3) is 0.214. The van der Waals surface area contributed by atoms with Gasteiger partial charge in [-0.2, -0.15) is 5.26 Å². The monoisotopic (exact) mass is 251 g/mol. The van der Waals surface area contributed by atoms with Crippen LogP contribution in [0, 0.1) is 11.3 Å². The maximum absolute atomic E-state index is 8.96. The summed E-state index contributed by atoms with van der Waals surface area (Å²) < 4.78 is 4.00. The predicted molar refractivity (Wildman–Crippen MR) is 71.8 cm³/mol. The van der Waals surface area contributed by atoms with Crippen LogP contribution in [0.4, 0.5) is 0 Å². The summed E-state index contributed by atoms with van der Waals surface area (Å²) in [6.07, 6.45) is 3.97. The molecule has 0 spiro atoms. The second kappa shape index (κ2) is 4.58. The number of hydrogen-bond donors (Lipinski definition) is 0. The summed E-state index contributed by atoms with van der Waals surface area (Å²) >= 11 is 0. The predicted octanol–water partition coefficient (Wildman–Crippen LogP) is 2.31. The molecule has 0 unspecified atom stereocenters. The molecule has 0 bridgehead atoms. The van der Waals surface area contributed by atoms with Gasteiger partial charge >= 0.3 is 0 Å². The summed E-state index contributed by atoms with van der Waals surface area (Å²) in [6.45, 7) is 2.89. The number of benzene rings is 1. The molecule has 3 aromatic rings. The minimum absolute atomic E-state index is 0.269. The maximum Gasteiger partial charge on any atom is 0.215 e. The topological polar surface area (TPSA) is 59.4 Å². The Hall–Kier alpha value is -2.61. The molecule has 0 saturated heterocycles. The smallest absolute Gasteiger partial charge is 0.215 e. The van der Waals surface area contributed by atoms with Gasteiger partial charge in [0.1, 0.15) is 5.82 Å². The molecule has 0 atom stereocenters. The van der Waals surface area contributed by atoms with Crippen molar-refractivity contribution in [3.8, 4) is 12.0 Å². The van der Waals surface area contributed by atoms with Crippen molar-refractivity contribution in [3.63, 3.8) is 0 Å². The third-order valence-corrected chi connectivity index (χ3v) is 3.10. The molecule has 3 rings (SSSR count). The highest BCUT2D eigenvalue weighted by atomic mass is 15.3. The number of nitriles is 1. The largest absolute Gasteiger partial charge is 0.317 e. The molecular weight excluding hydrogens is 238 g/mol. The van der Waals surface area contributed by atoms with Crippen LogP contribution in [-0.2, 0) is 13.0 Å². The molecule has 0 aliphatic heterocycles. The lowest BCUT2D eigenvalue weighted by Gasteiger charge is -2.08. The number of rotatable bonds is 3. The van der Waals surface area contributed by atoms with Crippen molar-refractivity contribution in [2.45, 2.75) is 19.9 Å². The van der Waals surface area contributed by atoms with Crippen molar-refractivity contribution in [2.75, 3.05) is 0 Å². The van der Waals surface area contributed by atoms with Crippen LogP contribution < -0.4 is 0 Å². The third kappa shape index (κ3) is 1.78. The number of aromatic nitrogens is 4. The van der Waals surface area contributed by atoms with Crippen LogP contribution in [0.5, 0.6) is 0 Å². The van der Waals surface area contributed by atoms with Crippen LogP contribution in [0.25, 0.3) is 17.0 Å². The molecule has 0 amide bonds. The average molecular weight is 251 g/mol. The van der Waals surface area contributed by atoms with Crippen LogP contribution >= 0.6 is 0 Å². The van der Waals surface area contributed by atoms with Crippen molar-refractivity contribution >= 4 is 11.0 Å². The maximum atomic E-state index is 8.96. The van der Waals surface area contributed by atoms with Gasteiger partial charge in [-0.15, -0.1) is 0 Å². The van der Waals surface area contributed by atoms with E-state index >= 15 is 0 Å². The Labute approximate surface area is 110 Å². The molecule has 0 radical (unpaired) electrons. The molecule has 0 N–H and O–H groups in total. The molecule has 0 aliphatic rings. The standard InChI is InChI=1S/C14H13N5/c1-2-18-10-9-16-14(18)19-12-6-4-3-5-11(12)17-13(19)7-8-15/h3-6,9-10H,2,7H2,1H3. The summed E-state index contributed by atoms with van der Waals surface area (Å²) in [6, 6.07) is 10.0. The van der Waals surface area contributed by atoms with Gasteiger partial charge in [-0.1, -0.05) is 12.1 Å². The zero-order valence-electron chi connectivity index (χ0n) is 10.6. The molecule has 2 aromatic heterocycles. The first-order valence-corrected chi connectivity index (χ1v) is 6.20. The van der Waals surface area contributed by atoms with Gasteiger partial charge in [-0.25, -0.2) is 9.97 Å². The SMILES string of the molecule is CCn1ccnc1-n1c(CC#N)nc2ccccc21. The van der Waals surface area contributed by atoms with Gasteiger partial charge in [0.05, 0.1) is 23.5 Å². The first kappa shape index (κ1) is 11.5. The van der Waals surface area contributed by atoms with Crippen LogP contribution in [0.2, 0.25) is 0 Å². The zero-order chi connectivity index (χ0) is 13.2. The number of imidazole rings is 2. The summed E-state index contributed by atoms with van der Waals surface area (Å²) in [4.78, 5) is 8.92. The minimum atomic E-state index is 0.269. The fourth-order valence-corrected chi connectivity index (χ4v) is 2.24. The van der Waals surface area contributed by atoms with Gasteiger partial charge in [-0.05, 0) is 19.1 Å². The average Bonchev–Trinajstić information content (AvgIpc) is 3.01. The summed E-state index contributed by atoms with van der Waals surface area (Å²) in [5.74, 6) is 1.53. The van der Waals surface area contributed by atoms with E-state index in [4.69, 9.17) is 5.26 Å². The lowest BCUT2D eigenvalue weighted by atomic mass is 10.3. The molecular formula is C14H13N5. The molecule has 19 heavy (non-hydrogen) atoms. The lowest BCUT2D eigenvalue weighted by molar-refractivity contribution is 0.714. The molecule has 0 aliphatic carbocycles. The Balaban J connectivity index is 2.32. The number of hydrogen-bond acceptors (Lipinski definition) is 3. The Morgan fingerprint density at radius 1 is 1.32 bits per heavy atom. The van der Waals surface area contributed by atoms with Crippen LogP contribution in [0.3, 0.4) is 0 Å². The number of nitrogens with zero attached hydrogens (tertiary/aromatic N) is 5. The molecule has 0 saturated carbocycles. The van der Waals surface area contributed by atoms with Crippen LogP contribution in [-0.4, -0.2) is 19.1 Å². The minimum Gasteiger partial charge on any atom is -0.317 e. The number of fused-ring (bicyclic) bond motifs is 1. The van der Waals surface area contributed by atoms with E-state index in [1.807, 2.05) is 39.6 Å². The van der Waals surface area contributed by atoms with E-state index in [0.29, 0.717) is 0 Å². The van der Waals surface area contributed by atoms with E-state index in [-0.39, 0.29) is 6.42 Å². The summed E-state index contributed by atoms with van der Waals surface area (Å²) in [5.41, 5.74) is 1.87. The van der Waals surface area contributed by atoms with Crippen LogP contribution in [0.1, 0.15) is 12.7 Å². The first-order chi connectivity index (χ1) is 9.35. The van der Waals surface area contributed by atoms with Gasteiger partial charge in [0.2, 0.25) is 5.95 Å². The Morgan fingerprint density at radius 3 is 2.95 bits per heavy atom.